The summed E-state index contributed by atoms with van der Waals surface area (Å²) in [6, 6.07) is 1.75. The van der Waals surface area contributed by atoms with Gasteiger partial charge >= 0.3 is 11.7 Å². The molecule has 0 aliphatic rings. The molecule has 17 heavy (non-hydrogen) atoms. The number of carbonyl (C=O) groups excluding carboxylic acids is 1. The Morgan fingerprint density at radius 1 is 1.65 bits per heavy atom. The second-order valence-electron chi connectivity index (χ2n) is 3.15. The molecule has 1 unspecified atom stereocenters. The van der Waals surface area contributed by atoms with Crippen molar-refractivity contribution < 1.29 is 14.5 Å². The van der Waals surface area contributed by atoms with Crippen LogP contribution in [-0.4, -0.2) is 29.0 Å². The molecule has 0 saturated carbocycles. The Morgan fingerprint density at radius 3 is 2.82 bits per heavy atom. The summed E-state index contributed by atoms with van der Waals surface area (Å²) in [4.78, 5) is 25.0. The molecule has 0 bridgehead atoms. The molecule has 1 aromatic rings. The Hall–Kier alpha value is -1.89. The second kappa shape index (κ2) is 5.44. The van der Waals surface area contributed by atoms with Gasteiger partial charge in [0, 0.05) is 6.07 Å². The van der Waals surface area contributed by atoms with Gasteiger partial charge in [-0.2, -0.15) is 0 Å². The maximum Gasteiger partial charge on any atom is 0.328 e. The minimum atomic E-state index is -0.760. The highest BCUT2D eigenvalue weighted by atomic mass is 35.5. The second-order valence-corrected chi connectivity index (χ2v) is 3.54. The minimum absolute atomic E-state index is 0.0691. The molecule has 0 saturated heterocycles. The standard InChI is InChI=1S/C9H10ClN3O4/c1-5(9(14)17-2)11-8-6(13(15)16)3-4-7(10)12-8/h3-5H,1-2H3,(H,11,12). The molecule has 0 spiro atoms. The number of hydrogen-bond acceptors (Lipinski definition) is 6. The summed E-state index contributed by atoms with van der Waals surface area (Å²) in [5.41, 5.74) is -0.259. The number of anilines is 1. The quantitative estimate of drug-likeness (QED) is 0.382. The number of nitro groups is 1. The summed E-state index contributed by atoms with van der Waals surface area (Å²) in [6.07, 6.45) is 0. The van der Waals surface area contributed by atoms with Crippen molar-refractivity contribution in [3.8, 4) is 0 Å². The van der Waals surface area contributed by atoms with E-state index in [-0.39, 0.29) is 16.7 Å². The van der Waals surface area contributed by atoms with Crippen LogP contribution in [0.4, 0.5) is 11.5 Å². The number of hydrogen-bond donors (Lipinski definition) is 1. The van der Waals surface area contributed by atoms with Gasteiger partial charge in [-0.3, -0.25) is 10.1 Å². The number of esters is 1. The zero-order valence-corrected chi connectivity index (χ0v) is 9.89. The predicted molar refractivity (Wildman–Crippen MR) is 61.0 cm³/mol. The number of halogens is 1. The van der Waals surface area contributed by atoms with Crippen LogP contribution in [0.2, 0.25) is 5.15 Å². The molecule has 0 aromatic carbocycles. The molecule has 0 amide bonds. The fourth-order valence-corrected chi connectivity index (χ4v) is 1.27. The van der Waals surface area contributed by atoms with Gasteiger partial charge in [-0.15, -0.1) is 0 Å². The number of methoxy groups -OCH3 is 1. The monoisotopic (exact) mass is 259 g/mol. The van der Waals surface area contributed by atoms with E-state index < -0.39 is 16.9 Å². The lowest BCUT2D eigenvalue weighted by molar-refractivity contribution is -0.384. The molecule has 1 heterocycles. The number of nitrogens with one attached hydrogen (secondary N) is 1. The third-order valence-electron chi connectivity index (χ3n) is 1.94. The van der Waals surface area contributed by atoms with Crippen molar-refractivity contribution in [3.05, 3.63) is 27.4 Å². The van der Waals surface area contributed by atoms with Crippen molar-refractivity contribution in [1.29, 1.82) is 0 Å². The van der Waals surface area contributed by atoms with Crippen molar-refractivity contribution >= 4 is 29.1 Å². The van der Waals surface area contributed by atoms with E-state index >= 15 is 0 Å². The van der Waals surface area contributed by atoms with Crippen molar-refractivity contribution in [2.75, 3.05) is 12.4 Å². The van der Waals surface area contributed by atoms with E-state index in [0.29, 0.717) is 0 Å². The maximum absolute atomic E-state index is 11.2. The van der Waals surface area contributed by atoms with Gasteiger partial charge in [-0.25, -0.2) is 9.78 Å². The van der Waals surface area contributed by atoms with Gasteiger partial charge in [-0.05, 0) is 13.0 Å². The number of rotatable bonds is 4. The first-order chi connectivity index (χ1) is 7.95. The minimum Gasteiger partial charge on any atom is -0.467 e. The Kier molecular flexibility index (Phi) is 4.22. The summed E-state index contributed by atoms with van der Waals surface area (Å²) in [7, 11) is 1.22. The molecule has 0 fully saturated rings. The van der Waals surface area contributed by atoms with Crippen LogP contribution in [0.25, 0.3) is 0 Å². The molecule has 1 rings (SSSR count). The highest BCUT2D eigenvalue weighted by Crippen LogP contribution is 2.24. The highest BCUT2D eigenvalue weighted by molar-refractivity contribution is 6.29. The number of pyridine rings is 1. The van der Waals surface area contributed by atoms with Gasteiger partial charge in [0.05, 0.1) is 12.0 Å². The first kappa shape index (κ1) is 13.2. The Balaban J connectivity index is 3.00. The van der Waals surface area contributed by atoms with E-state index in [1.54, 1.807) is 0 Å². The van der Waals surface area contributed by atoms with E-state index in [0.717, 1.165) is 0 Å². The normalized spacial score (nSPS) is 11.7. The third kappa shape index (κ3) is 3.28. The summed E-state index contributed by atoms with van der Waals surface area (Å²) in [5.74, 6) is -0.624. The van der Waals surface area contributed by atoms with Gasteiger partial charge in [0.1, 0.15) is 11.2 Å². The van der Waals surface area contributed by atoms with E-state index in [4.69, 9.17) is 11.6 Å². The number of nitrogens with zero attached hydrogens (tertiary/aromatic N) is 2. The lowest BCUT2D eigenvalue weighted by Gasteiger charge is -2.12. The van der Waals surface area contributed by atoms with E-state index in [2.05, 4.69) is 15.0 Å². The van der Waals surface area contributed by atoms with Crippen molar-refractivity contribution in [2.24, 2.45) is 0 Å². The fraction of sp³-hybridized carbons (Fsp3) is 0.333. The number of ether oxygens (including phenoxy) is 1. The average molecular weight is 260 g/mol. The van der Waals surface area contributed by atoms with Gasteiger partial charge in [-0.1, -0.05) is 11.6 Å². The highest BCUT2D eigenvalue weighted by Gasteiger charge is 2.20. The Morgan fingerprint density at radius 2 is 2.29 bits per heavy atom. The Labute approximate surface area is 102 Å². The lowest BCUT2D eigenvalue weighted by atomic mass is 10.3. The number of aromatic nitrogens is 1. The third-order valence-corrected chi connectivity index (χ3v) is 2.16. The van der Waals surface area contributed by atoms with Crippen LogP contribution in [0, 0.1) is 10.1 Å². The number of carbonyl (C=O) groups is 1. The molecule has 0 radical (unpaired) electrons. The van der Waals surface area contributed by atoms with Crippen LogP contribution < -0.4 is 5.32 Å². The van der Waals surface area contributed by atoms with Crippen LogP contribution >= 0.6 is 11.6 Å². The molecule has 1 N–H and O–H groups in total. The topological polar surface area (TPSA) is 94.4 Å². The average Bonchev–Trinajstić information content (AvgIpc) is 2.27. The van der Waals surface area contributed by atoms with E-state index in [9.17, 15) is 14.9 Å². The molecular weight excluding hydrogens is 250 g/mol. The molecule has 92 valence electrons. The van der Waals surface area contributed by atoms with Crippen molar-refractivity contribution in [2.45, 2.75) is 13.0 Å². The molecular formula is C9H10ClN3O4. The molecule has 8 heteroatoms. The van der Waals surface area contributed by atoms with Crippen LogP contribution in [0.1, 0.15) is 6.92 Å². The van der Waals surface area contributed by atoms with Gasteiger partial charge in [0.25, 0.3) is 0 Å². The van der Waals surface area contributed by atoms with Crippen molar-refractivity contribution in [3.63, 3.8) is 0 Å². The molecule has 0 aliphatic carbocycles. The summed E-state index contributed by atoms with van der Waals surface area (Å²) in [6.45, 7) is 1.50. The molecule has 1 aromatic heterocycles. The van der Waals surface area contributed by atoms with Gasteiger partial charge in [0.2, 0.25) is 5.82 Å². The lowest BCUT2D eigenvalue weighted by Crippen LogP contribution is -2.28. The zero-order chi connectivity index (χ0) is 13.0. The SMILES string of the molecule is COC(=O)C(C)Nc1nc(Cl)ccc1[N+](=O)[O-]. The first-order valence-corrected chi connectivity index (χ1v) is 4.98. The molecule has 0 aliphatic heterocycles. The summed E-state index contributed by atoms with van der Waals surface area (Å²) >= 11 is 5.63. The van der Waals surface area contributed by atoms with Crippen molar-refractivity contribution in [1.82, 2.24) is 4.98 Å². The van der Waals surface area contributed by atoms with Crippen LogP contribution in [0.15, 0.2) is 12.1 Å². The van der Waals surface area contributed by atoms with Gasteiger partial charge in [0.15, 0.2) is 0 Å². The summed E-state index contributed by atoms with van der Waals surface area (Å²) < 4.78 is 4.48. The summed E-state index contributed by atoms with van der Waals surface area (Å²) in [5, 5.41) is 13.4. The molecule has 1 atom stereocenters. The van der Waals surface area contributed by atoms with E-state index in [1.165, 1.54) is 26.2 Å². The zero-order valence-electron chi connectivity index (χ0n) is 9.14. The maximum atomic E-state index is 11.2. The van der Waals surface area contributed by atoms with Crippen LogP contribution in [0.5, 0.6) is 0 Å². The Bertz CT molecular complexity index is 452. The van der Waals surface area contributed by atoms with Gasteiger partial charge < -0.3 is 10.1 Å². The smallest absolute Gasteiger partial charge is 0.328 e. The largest absolute Gasteiger partial charge is 0.467 e. The van der Waals surface area contributed by atoms with E-state index in [1.807, 2.05) is 0 Å². The molecule has 7 nitrogen and oxygen atoms in total. The predicted octanol–water partition coefficient (Wildman–Crippen LogP) is 1.62. The van der Waals surface area contributed by atoms with Crippen LogP contribution in [-0.2, 0) is 9.53 Å². The fourth-order valence-electron chi connectivity index (χ4n) is 1.12. The first-order valence-electron chi connectivity index (χ1n) is 4.61. The van der Waals surface area contributed by atoms with Crippen LogP contribution in [0.3, 0.4) is 0 Å².